The molecule has 37 heavy (non-hydrogen) atoms. The Kier molecular flexibility index (Phi) is 5.22. The van der Waals surface area contributed by atoms with E-state index in [1.807, 2.05) is 57.3 Å². The van der Waals surface area contributed by atoms with Crippen LogP contribution in [0, 0.1) is 20.8 Å². The molecule has 2 aromatic carbocycles. The van der Waals surface area contributed by atoms with E-state index in [1.54, 1.807) is 7.11 Å². The molecule has 0 atom stereocenters. The number of fused-ring (bicyclic) bond motifs is 8. The number of nitrogens with two attached hydrogens (primary N) is 1. The van der Waals surface area contributed by atoms with Gasteiger partial charge in [-0.25, -0.2) is 9.97 Å². The SMILES string of the molecule is COc1cc(C)c(-c2ccc3c(c2)c2oc3c3cc(C(=O)NCc4c(C)cc(N)nc4C)ccc32)cn1. The number of nitrogens with zero attached hydrogens (tertiary/aromatic N) is 2. The number of nitrogens with one attached hydrogen (secondary N) is 1. The quantitative estimate of drug-likeness (QED) is 0.284. The van der Waals surface area contributed by atoms with Gasteiger partial charge in [-0.3, -0.25) is 4.79 Å². The average molecular weight is 491 g/mol. The Morgan fingerprint density at radius 3 is 2.38 bits per heavy atom. The number of hydrogen-bond donors (Lipinski definition) is 2. The Hall–Kier alpha value is -4.65. The maximum absolute atomic E-state index is 13.0. The highest BCUT2D eigenvalue weighted by Crippen LogP contribution is 2.42. The van der Waals surface area contributed by atoms with Gasteiger partial charge in [0, 0.05) is 57.2 Å². The fourth-order valence-electron chi connectivity index (χ4n) is 5.15. The van der Waals surface area contributed by atoms with Crippen molar-refractivity contribution in [3.63, 3.8) is 0 Å². The van der Waals surface area contributed by atoms with Crippen LogP contribution in [-0.4, -0.2) is 23.0 Å². The summed E-state index contributed by atoms with van der Waals surface area (Å²) < 4.78 is 11.5. The number of amides is 1. The van der Waals surface area contributed by atoms with Crippen LogP contribution in [0.15, 0.2) is 59.1 Å². The van der Waals surface area contributed by atoms with E-state index in [9.17, 15) is 4.79 Å². The number of hydrogen-bond acceptors (Lipinski definition) is 6. The second-order valence-corrected chi connectivity index (χ2v) is 9.43. The predicted molar refractivity (Wildman–Crippen MR) is 146 cm³/mol. The van der Waals surface area contributed by atoms with Crippen LogP contribution in [0.4, 0.5) is 5.82 Å². The van der Waals surface area contributed by atoms with Crippen molar-refractivity contribution >= 4 is 44.4 Å². The van der Waals surface area contributed by atoms with Crippen LogP contribution >= 0.6 is 0 Å². The second-order valence-electron chi connectivity index (χ2n) is 9.43. The molecule has 6 aromatic rings. The first-order chi connectivity index (χ1) is 17.8. The number of carbonyl (C=O) groups is 1. The van der Waals surface area contributed by atoms with Crippen molar-refractivity contribution < 1.29 is 13.9 Å². The maximum Gasteiger partial charge on any atom is 0.251 e. The lowest BCUT2D eigenvalue weighted by molar-refractivity contribution is 0.0951. The lowest BCUT2D eigenvalue weighted by Gasteiger charge is -2.12. The highest BCUT2D eigenvalue weighted by molar-refractivity contribution is 6.26. The van der Waals surface area contributed by atoms with E-state index in [2.05, 4.69) is 33.5 Å². The summed E-state index contributed by atoms with van der Waals surface area (Å²) in [5.74, 6) is 0.931. The number of aryl methyl sites for hydroxylation is 3. The fraction of sp³-hybridized carbons (Fsp3) is 0.167. The summed E-state index contributed by atoms with van der Waals surface area (Å²) in [5, 5.41) is 7.03. The third-order valence-electron chi connectivity index (χ3n) is 7.09. The van der Waals surface area contributed by atoms with E-state index in [1.165, 1.54) is 0 Å². The van der Waals surface area contributed by atoms with Crippen molar-refractivity contribution in [1.82, 2.24) is 15.3 Å². The van der Waals surface area contributed by atoms with Gasteiger partial charge in [0.15, 0.2) is 0 Å². The first-order valence-corrected chi connectivity index (χ1v) is 12.1. The number of methoxy groups -OCH3 is 1. The van der Waals surface area contributed by atoms with Crippen molar-refractivity contribution in [2.24, 2.45) is 0 Å². The minimum absolute atomic E-state index is 0.148. The van der Waals surface area contributed by atoms with Gasteiger partial charge in [0.1, 0.15) is 17.0 Å². The molecular formula is C30H26N4O3. The van der Waals surface area contributed by atoms with E-state index in [0.29, 0.717) is 23.8 Å². The first-order valence-electron chi connectivity index (χ1n) is 12.1. The molecule has 0 spiro atoms. The van der Waals surface area contributed by atoms with Gasteiger partial charge in [-0.15, -0.1) is 0 Å². The van der Waals surface area contributed by atoms with E-state index >= 15 is 0 Å². The number of furan rings is 2. The normalized spacial score (nSPS) is 11.6. The molecule has 0 saturated heterocycles. The van der Waals surface area contributed by atoms with Crippen molar-refractivity contribution in [3.05, 3.63) is 82.7 Å². The summed E-state index contributed by atoms with van der Waals surface area (Å²) in [7, 11) is 1.62. The molecule has 6 rings (SSSR count). The summed E-state index contributed by atoms with van der Waals surface area (Å²) in [6.07, 6.45) is 1.84. The predicted octanol–water partition coefficient (Wildman–Crippen LogP) is 6.08. The maximum atomic E-state index is 13.0. The van der Waals surface area contributed by atoms with Crippen molar-refractivity contribution in [3.8, 4) is 17.0 Å². The fourth-order valence-corrected chi connectivity index (χ4v) is 5.15. The van der Waals surface area contributed by atoms with Gasteiger partial charge in [-0.2, -0.15) is 0 Å². The molecule has 2 bridgehead atoms. The van der Waals surface area contributed by atoms with Gasteiger partial charge in [0.05, 0.1) is 7.11 Å². The summed E-state index contributed by atoms with van der Waals surface area (Å²) in [6, 6.07) is 15.8. The molecule has 0 radical (unpaired) electrons. The lowest BCUT2D eigenvalue weighted by atomic mass is 9.96. The van der Waals surface area contributed by atoms with Gasteiger partial charge in [0.25, 0.3) is 5.91 Å². The third-order valence-corrected chi connectivity index (χ3v) is 7.09. The molecule has 4 aromatic heterocycles. The first kappa shape index (κ1) is 22.8. The zero-order valence-corrected chi connectivity index (χ0v) is 21.1. The van der Waals surface area contributed by atoms with E-state index < -0.39 is 0 Å². The van der Waals surface area contributed by atoms with Gasteiger partial charge < -0.3 is 20.2 Å². The molecule has 1 amide bonds. The summed E-state index contributed by atoms with van der Waals surface area (Å²) in [5.41, 5.74) is 14.0. The summed E-state index contributed by atoms with van der Waals surface area (Å²) in [4.78, 5) is 21.7. The molecule has 3 N–H and O–H groups in total. The molecule has 0 aliphatic heterocycles. The van der Waals surface area contributed by atoms with Crippen molar-refractivity contribution in [2.75, 3.05) is 12.8 Å². The van der Waals surface area contributed by atoms with Crippen molar-refractivity contribution in [2.45, 2.75) is 27.3 Å². The Labute approximate surface area is 213 Å². The van der Waals surface area contributed by atoms with E-state index in [-0.39, 0.29) is 5.91 Å². The molecule has 7 heteroatoms. The van der Waals surface area contributed by atoms with Crippen LogP contribution < -0.4 is 15.8 Å². The number of aromatic nitrogens is 2. The van der Waals surface area contributed by atoms with Gasteiger partial charge >= 0.3 is 0 Å². The molecule has 0 unspecified atom stereocenters. The highest BCUT2D eigenvalue weighted by atomic mass is 16.5. The molecule has 7 nitrogen and oxygen atoms in total. The number of rotatable bonds is 5. The van der Waals surface area contributed by atoms with Crippen LogP contribution in [0.3, 0.4) is 0 Å². The second kappa shape index (κ2) is 8.48. The number of carbonyl (C=O) groups excluding carboxylic acids is 1. The Morgan fingerprint density at radius 1 is 0.946 bits per heavy atom. The molecule has 0 aliphatic rings. The molecule has 0 fully saturated rings. The van der Waals surface area contributed by atoms with Crippen LogP contribution in [-0.2, 0) is 6.54 Å². The topological polar surface area (TPSA) is 103 Å². The van der Waals surface area contributed by atoms with E-state index in [4.69, 9.17) is 14.9 Å². The standard InChI is InChI=1S/C30H26N4O3/c1-15-9-26(31)34-17(3)24(15)13-33-30(35)19-6-8-21-23(12-19)29-20-7-5-18(11-22(20)28(21)37-29)25-14-32-27(36-4)10-16(25)2/h5-12,14H,13H2,1-4H3,(H2,31,34)(H,33,35). The van der Waals surface area contributed by atoms with Crippen LogP contribution in [0.2, 0.25) is 0 Å². The third kappa shape index (κ3) is 3.71. The molecule has 184 valence electrons. The summed E-state index contributed by atoms with van der Waals surface area (Å²) in [6.45, 7) is 6.30. The lowest BCUT2D eigenvalue weighted by Crippen LogP contribution is -2.24. The van der Waals surface area contributed by atoms with Crippen LogP contribution in [0.5, 0.6) is 5.88 Å². The molecule has 0 aliphatic carbocycles. The van der Waals surface area contributed by atoms with Crippen molar-refractivity contribution in [1.29, 1.82) is 0 Å². The highest BCUT2D eigenvalue weighted by Gasteiger charge is 2.20. The molecule has 0 saturated carbocycles. The Morgan fingerprint density at radius 2 is 1.68 bits per heavy atom. The van der Waals surface area contributed by atoms with Gasteiger partial charge in [-0.05, 0) is 79.4 Å². The largest absolute Gasteiger partial charge is 0.481 e. The number of benzene rings is 3. The monoisotopic (exact) mass is 490 g/mol. The van der Waals surface area contributed by atoms with E-state index in [0.717, 1.165) is 66.2 Å². The zero-order valence-electron chi connectivity index (χ0n) is 21.1. The number of pyridine rings is 2. The number of ether oxygens (including phenoxy) is 1. The Balaban J connectivity index is 1.33. The van der Waals surface area contributed by atoms with Crippen LogP contribution in [0.25, 0.3) is 43.8 Å². The Bertz CT molecular complexity index is 1810. The molecular weight excluding hydrogens is 464 g/mol. The minimum Gasteiger partial charge on any atom is -0.481 e. The number of nitrogen functional groups attached to an aromatic ring is 1. The summed E-state index contributed by atoms with van der Waals surface area (Å²) >= 11 is 0. The van der Waals surface area contributed by atoms with Crippen LogP contribution in [0.1, 0.15) is 32.7 Å². The number of anilines is 1. The average Bonchev–Trinajstić information content (AvgIpc) is 3.44. The smallest absolute Gasteiger partial charge is 0.251 e. The van der Waals surface area contributed by atoms with Gasteiger partial charge in [0.2, 0.25) is 5.88 Å². The van der Waals surface area contributed by atoms with Gasteiger partial charge in [-0.1, -0.05) is 6.07 Å². The zero-order chi connectivity index (χ0) is 25.8. The molecule has 4 heterocycles. The minimum atomic E-state index is -0.148.